The lowest BCUT2D eigenvalue weighted by Crippen LogP contribution is -2.15. The molecule has 0 saturated carbocycles. The van der Waals surface area contributed by atoms with E-state index in [1.165, 1.54) is 11.1 Å². The Labute approximate surface area is 107 Å². The lowest BCUT2D eigenvalue weighted by molar-refractivity contribution is 0.149. The molecule has 18 heavy (non-hydrogen) atoms. The number of hydrogen-bond donors (Lipinski definition) is 0. The van der Waals surface area contributed by atoms with E-state index in [9.17, 15) is 0 Å². The summed E-state index contributed by atoms with van der Waals surface area (Å²) < 4.78 is 7.39. The summed E-state index contributed by atoms with van der Waals surface area (Å²) in [7, 11) is 3.79. The topological polar surface area (TPSA) is 27.1 Å². The summed E-state index contributed by atoms with van der Waals surface area (Å²) in [4.78, 5) is 4.54. The van der Waals surface area contributed by atoms with Crippen LogP contribution < -0.4 is 0 Å². The maximum atomic E-state index is 5.38. The Bertz CT molecular complexity index is 547. The van der Waals surface area contributed by atoms with Gasteiger partial charge in [-0.3, -0.25) is 0 Å². The van der Waals surface area contributed by atoms with Gasteiger partial charge < -0.3 is 9.30 Å². The molecule has 94 valence electrons. The summed E-state index contributed by atoms with van der Waals surface area (Å²) in [5, 5.41) is 0. The molecule has 2 unspecified atom stereocenters. The van der Waals surface area contributed by atoms with E-state index in [0.29, 0.717) is 11.8 Å². The lowest BCUT2D eigenvalue weighted by Gasteiger charge is -2.17. The van der Waals surface area contributed by atoms with Crippen molar-refractivity contribution in [2.75, 3.05) is 13.7 Å². The summed E-state index contributed by atoms with van der Waals surface area (Å²) in [6, 6.07) is 8.68. The molecule has 1 aromatic heterocycles. The second-order valence-corrected chi connectivity index (χ2v) is 5.06. The number of imidazole rings is 1. The molecule has 0 radical (unpaired) electrons. The van der Waals surface area contributed by atoms with E-state index < -0.39 is 0 Å². The smallest absolute Gasteiger partial charge is 0.0947 e. The van der Waals surface area contributed by atoms with E-state index in [0.717, 1.165) is 18.7 Å². The van der Waals surface area contributed by atoms with E-state index in [1.807, 2.05) is 17.9 Å². The van der Waals surface area contributed by atoms with Crippen LogP contribution in [0.5, 0.6) is 0 Å². The largest absolute Gasteiger partial charge is 0.384 e. The maximum Gasteiger partial charge on any atom is 0.0947 e. The van der Waals surface area contributed by atoms with Crippen LogP contribution in [0, 0.1) is 5.92 Å². The Morgan fingerprint density at radius 2 is 2.22 bits per heavy atom. The van der Waals surface area contributed by atoms with E-state index in [-0.39, 0.29) is 0 Å². The van der Waals surface area contributed by atoms with Gasteiger partial charge in [0.05, 0.1) is 18.6 Å². The van der Waals surface area contributed by atoms with Crippen LogP contribution in [0.15, 0.2) is 36.8 Å². The Morgan fingerprint density at radius 1 is 1.39 bits per heavy atom. The highest BCUT2D eigenvalue weighted by atomic mass is 16.5. The zero-order chi connectivity index (χ0) is 12.5. The molecule has 0 N–H and O–H groups in total. The maximum absolute atomic E-state index is 5.38. The van der Waals surface area contributed by atoms with Crippen molar-refractivity contribution in [3.05, 3.63) is 53.6 Å². The first-order chi connectivity index (χ1) is 8.79. The first kappa shape index (κ1) is 11.5. The van der Waals surface area contributed by atoms with Crippen LogP contribution in [0.4, 0.5) is 0 Å². The number of ether oxygens (including phenoxy) is 1. The summed E-state index contributed by atoms with van der Waals surface area (Å²) in [5.74, 6) is 0.879. The fourth-order valence-corrected chi connectivity index (χ4v) is 3.04. The summed E-state index contributed by atoms with van der Waals surface area (Å²) in [6.45, 7) is 0.788. The first-order valence-corrected chi connectivity index (χ1v) is 6.34. The van der Waals surface area contributed by atoms with Crippen LogP contribution in [0.2, 0.25) is 0 Å². The Hall–Kier alpha value is -1.61. The molecule has 0 amide bonds. The van der Waals surface area contributed by atoms with Gasteiger partial charge in [0.15, 0.2) is 0 Å². The number of hydrogen-bond acceptors (Lipinski definition) is 2. The zero-order valence-corrected chi connectivity index (χ0v) is 10.8. The van der Waals surface area contributed by atoms with E-state index in [4.69, 9.17) is 4.74 Å². The molecule has 3 rings (SSSR count). The molecule has 3 heteroatoms. The van der Waals surface area contributed by atoms with Gasteiger partial charge in [-0.2, -0.15) is 0 Å². The van der Waals surface area contributed by atoms with Gasteiger partial charge in [0.2, 0.25) is 0 Å². The van der Waals surface area contributed by atoms with E-state index in [2.05, 4.69) is 35.4 Å². The average Bonchev–Trinajstić information content (AvgIpc) is 2.92. The van der Waals surface area contributed by atoms with Crippen LogP contribution in [0.1, 0.15) is 22.7 Å². The summed E-state index contributed by atoms with van der Waals surface area (Å²) in [5.41, 5.74) is 4.01. The number of aromatic nitrogens is 2. The van der Waals surface area contributed by atoms with Crippen LogP contribution in [0.25, 0.3) is 0 Å². The number of methoxy groups -OCH3 is 1. The third-order valence-corrected chi connectivity index (χ3v) is 3.77. The van der Waals surface area contributed by atoms with Crippen molar-refractivity contribution in [1.82, 2.24) is 9.55 Å². The van der Waals surface area contributed by atoms with Crippen molar-refractivity contribution >= 4 is 0 Å². The van der Waals surface area contributed by atoms with Gasteiger partial charge in [0.1, 0.15) is 0 Å². The van der Waals surface area contributed by atoms with Gasteiger partial charge >= 0.3 is 0 Å². The molecule has 1 aliphatic rings. The van der Waals surface area contributed by atoms with Gasteiger partial charge in [0, 0.05) is 26.3 Å². The number of fused-ring (bicyclic) bond motifs is 1. The molecule has 2 aromatic rings. The molecule has 0 spiro atoms. The highest BCUT2D eigenvalue weighted by Gasteiger charge is 2.34. The van der Waals surface area contributed by atoms with Gasteiger partial charge in [-0.05, 0) is 23.5 Å². The molecule has 1 aliphatic carbocycles. The third-order valence-electron chi connectivity index (χ3n) is 3.77. The molecule has 0 fully saturated rings. The van der Waals surface area contributed by atoms with Gasteiger partial charge in [-0.1, -0.05) is 24.3 Å². The monoisotopic (exact) mass is 242 g/mol. The molecule has 1 aromatic carbocycles. The first-order valence-electron chi connectivity index (χ1n) is 6.34. The van der Waals surface area contributed by atoms with E-state index in [1.54, 1.807) is 7.11 Å². The van der Waals surface area contributed by atoms with Crippen molar-refractivity contribution < 1.29 is 4.74 Å². The van der Waals surface area contributed by atoms with Crippen LogP contribution in [0.3, 0.4) is 0 Å². The SMILES string of the molecule is COCC1Cc2ccccc2C1c1cn(C)cn1. The molecule has 3 nitrogen and oxygen atoms in total. The average molecular weight is 242 g/mol. The van der Waals surface area contributed by atoms with E-state index >= 15 is 0 Å². The van der Waals surface area contributed by atoms with Crippen molar-refractivity contribution in [2.24, 2.45) is 13.0 Å². The van der Waals surface area contributed by atoms with Crippen molar-refractivity contribution in [2.45, 2.75) is 12.3 Å². The lowest BCUT2D eigenvalue weighted by atomic mass is 9.90. The molecular weight excluding hydrogens is 224 g/mol. The fourth-order valence-electron chi connectivity index (χ4n) is 3.04. The molecule has 1 heterocycles. The fraction of sp³-hybridized carbons (Fsp3) is 0.400. The Balaban J connectivity index is 2.02. The Kier molecular flexibility index (Phi) is 2.92. The second-order valence-electron chi connectivity index (χ2n) is 5.06. The molecule has 0 saturated heterocycles. The van der Waals surface area contributed by atoms with Crippen molar-refractivity contribution in [1.29, 1.82) is 0 Å². The van der Waals surface area contributed by atoms with Crippen molar-refractivity contribution in [3.8, 4) is 0 Å². The third kappa shape index (κ3) is 1.85. The summed E-state index contributed by atoms with van der Waals surface area (Å²) in [6.07, 6.45) is 5.08. The number of rotatable bonds is 3. The second kappa shape index (κ2) is 4.58. The standard InChI is InChI=1S/C15H18N2O/c1-17-8-14(16-10-17)15-12(9-18-2)7-11-5-3-4-6-13(11)15/h3-6,8,10,12,15H,7,9H2,1-2H3. The Morgan fingerprint density at radius 3 is 2.94 bits per heavy atom. The highest BCUT2D eigenvalue weighted by molar-refractivity contribution is 5.41. The minimum absolute atomic E-state index is 0.377. The van der Waals surface area contributed by atoms with Crippen LogP contribution in [-0.2, 0) is 18.2 Å². The molecule has 0 aliphatic heterocycles. The van der Waals surface area contributed by atoms with Gasteiger partial charge in [-0.15, -0.1) is 0 Å². The number of aryl methyl sites for hydroxylation is 1. The molecular formula is C15H18N2O. The molecule has 2 atom stereocenters. The number of benzene rings is 1. The molecule has 0 bridgehead atoms. The highest BCUT2D eigenvalue weighted by Crippen LogP contribution is 2.41. The normalized spacial score (nSPS) is 22.1. The van der Waals surface area contributed by atoms with Crippen molar-refractivity contribution in [3.63, 3.8) is 0 Å². The predicted octanol–water partition coefficient (Wildman–Crippen LogP) is 2.37. The van der Waals surface area contributed by atoms with Crippen LogP contribution in [-0.4, -0.2) is 23.3 Å². The van der Waals surface area contributed by atoms with Gasteiger partial charge in [-0.25, -0.2) is 4.98 Å². The zero-order valence-electron chi connectivity index (χ0n) is 10.8. The quantitative estimate of drug-likeness (QED) is 0.826. The van der Waals surface area contributed by atoms with Gasteiger partial charge in [0.25, 0.3) is 0 Å². The summed E-state index contributed by atoms with van der Waals surface area (Å²) >= 11 is 0. The minimum atomic E-state index is 0.377. The predicted molar refractivity (Wildman–Crippen MR) is 70.6 cm³/mol. The minimum Gasteiger partial charge on any atom is -0.384 e. The number of nitrogens with zero attached hydrogens (tertiary/aromatic N) is 2. The van der Waals surface area contributed by atoms with Crippen LogP contribution >= 0.6 is 0 Å².